The number of benzene rings is 1. The van der Waals surface area contributed by atoms with Crippen molar-refractivity contribution < 1.29 is 9.59 Å². The summed E-state index contributed by atoms with van der Waals surface area (Å²) in [6.07, 6.45) is 5.34. The fourth-order valence-corrected chi connectivity index (χ4v) is 3.55. The number of nitrogens with zero attached hydrogens (tertiary/aromatic N) is 2. The number of hydrogen-bond donors (Lipinski definition) is 0. The number of piperazine rings is 1. The average Bonchev–Trinajstić information content (AvgIpc) is 2.67. The van der Waals surface area contributed by atoms with E-state index in [1.165, 1.54) is 12.8 Å². The summed E-state index contributed by atoms with van der Waals surface area (Å²) in [7, 11) is 0. The summed E-state index contributed by atoms with van der Waals surface area (Å²) in [4.78, 5) is 28.8. The van der Waals surface area contributed by atoms with Gasteiger partial charge in [0.1, 0.15) is 0 Å². The fraction of sp³-hybridized carbons (Fsp3) is 0.652. The summed E-state index contributed by atoms with van der Waals surface area (Å²) in [5.74, 6) is 1.27. The lowest BCUT2D eigenvalue weighted by atomic mass is 10.0. The van der Waals surface area contributed by atoms with E-state index in [-0.39, 0.29) is 11.7 Å². The first-order valence-corrected chi connectivity index (χ1v) is 10.6. The first kappa shape index (κ1) is 21.5. The summed E-state index contributed by atoms with van der Waals surface area (Å²) in [6.45, 7) is 11.6. The van der Waals surface area contributed by atoms with E-state index in [1.807, 2.05) is 43.0 Å². The number of unbranched alkanes of at least 4 members (excludes halogenated alkanes) is 2. The van der Waals surface area contributed by atoms with E-state index < -0.39 is 0 Å². The van der Waals surface area contributed by atoms with Crippen LogP contribution >= 0.6 is 0 Å². The molecule has 1 heterocycles. The van der Waals surface area contributed by atoms with Crippen LogP contribution in [0.1, 0.15) is 70.2 Å². The molecule has 1 aliphatic rings. The van der Waals surface area contributed by atoms with E-state index in [4.69, 9.17) is 0 Å². The first-order chi connectivity index (χ1) is 12.9. The predicted octanol–water partition coefficient (Wildman–Crippen LogP) is 4.78. The maximum absolute atomic E-state index is 12.4. The molecule has 1 aliphatic heterocycles. The molecule has 4 heteroatoms. The predicted molar refractivity (Wildman–Crippen MR) is 112 cm³/mol. The van der Waals surface area contributed by atoms with Gasteiger partial charge in [-0.15, -0.1) is 0 Å². The molecule has 0 saturated carbocycles. The highest BCUT2D eigenvalue weighted by molar-refractivity contribution is 5.97. The van der Waals surface area contributed by atoms with Gasteiger partial charge in [0.15, 0.2) is 5.78 Å². The second kappa shape index (κ2) is 10.5. The Kier molecular flexibility index (Phi) is 8.33. The lowest BCUT2D eigenvalue weighted by Gasteiger charge is -2.36. The van der Waals surface area contributed by atoms with Crippen molar-refractivity contribution >= 4 is 17.4 Å². The Balaban J connectivity index is 1.74. The van der Waals surface area contributed by atoms with Crippen molar-refractivity contribution in [3.8, 4) is 0 Å². The highest BCUT2D eigenvalue weighted by atomic mass is 16.2. The van der Waals surface area contributed by atoms with Crippen LogP contribution in [0, 0.1) is 11.8 Å². The minimum Gasteiger partial charge on any atom is -0.368 e. The van der Waals surface area contributed by atoms with Crippen LogP contribution in [0.5, 0.6) is 0 Å². The smallest absolute Gasteiger partial charge is 0.222 e. The van der Waals surface area contributed by atoms with E-state index >= 15 is 0 Å². The van der Waals surface area contributed by atoms with Gasteiger partial charge in [-0.25, -0.2) is 0 Å². The van der Waals surface area contributed by atoms with Crippen LogP contribution in [0.15, 0.2) is 24.3 Å². The zero-order valence-electron chi connectivity index (χ0n) is 17.5. The van der Waals surface area contributed by atoms with Gasteiger partial charge in [-0.2, -0.15) is 0 Å². The van der Waals surface area contributed by atoms with Gasteiger partial charge in [0, 0.05) is 49.8 Å². The highest BCUT2D eigenvalue weighted by Gasteiger charge is 2.21. The standard InChI is InChI=1S/C23H36N2O2/c1-18(2)8-6-5-7-9-22(26)25-16-14-24(15-17-25)21-12-10-20(11-13-21)23(27)19(3)4/h10-13,18-19H,5-9,14-17H2,1-4H3. The number of Topliss-reactive ketones (excluding diaryl/α,β-unsaturated/α-hetero) is 1. The van der Waals surface area contributed by atoms with Crippen LogP contribution in [0.3, 0.4) is 0 Å². The first-order valence-electron chi connectivity index (χ1n) is 10.6. The zero-order valence-corrected chi connectivity index (χ0v) is 17.5. The van der Waals surface area contributed by atoms with E-state index in [1.54, 1.807) is 0 Å². The largest absolute Gasteiger partial charge is 0.368 e. The molecule has 0 spiro atoms. The van der Waals surface area contributed by atoms with Gasteiger partial charge in [0.05, 0.1) is 0 Å². The number of ketones is 1. The molecular formula is C23H36N2O2. The second-order valence-electron chi connectivity index (χ2n) is 8.43. The monoisotopic (exact) mass is 372 g/mol. The van der Waals surface area contributed by atoms with Crippen molar-refractivity contribution in [1.29, 1.82) is 0 Å². The van der Waals surface area contributed by atoms with Crippen molar-refractivity contribution in [2.45, 2.75) is 59.8 Å². The number of carbonyl (C=O) groups excluding carboxylic acids is 2. The molecule has 0 aromatic heterocycles. The van der Waals surface area contributed by atoms with Gasteiger partial charge in [0.2, 0.25) is 5.91 Å². The number of hydrogen-bond acceptors (Lipinski definition) is 3. The van der Waals surface area contributed by atoms with Crippen molar-refractivity contribution in [1.82, 2.24) is 4.90 Å². The highest BCUT2D eigenvalue weighted by Crippen LogP contribution is 2.19. The molecule has 0 radical (unpaired) electrons. The van der Waals surface area contributed by atoms with Gasteiger partial charge in [0.25, 0.3) is 0 Å². The lowest BCUT2D eigenvalue weighted by molar-refractivity contribution is -0.131. The average molecular weight is 373 g/mol. The summed E-state index contributed by atoms with van der Waals surface area (Å²) in [6, 6.07) is 7.91. The summed E-state index contributed by atoms with van der Waals surface area (Å²) in [5, 5.41) is 0. The summed E-state index contributed by atoms with van der Waals surface area (Å²) < 4.78 is 0. The van der Waals surface area contributed by atoms with Crippen LogP contribution in [-0.4, -0.2) is 42.8 Å². The molecule has 150 valence electrons. The molecule has 27 heavy (non-hydrogen) atoms. The Morgan fingerprint density at radius 3 is 2.07 bits per heavy atom. The molecule has 0 N–H and O–H groups in total. The third kappa shape index (κ3) is 6.67. The SMILES string of the molecule is CC(C)CCCCCC(=O)N1CCN(c2ccc(C(=O)C(C)C)cc2)CC1. The number of carbonyl (C=O) groups is 2. The minimum atomic E-state index is 0.0239. The summed E-state index contributed by atoms with van der Waals surface area (Å²) >= 11 is 0. The van der Waals surface area contributed by atoms with E-state index in [0.29, 0.717) is 12.3 Å². The van der Waals surface area contributed by atoms with Gasteiger partial charge in [-0.05, 0) is 36.6 Å². The molecule has 1 aromatic rings. The van der Waals surface area contributed by atoms with Gasteiger partial charge < -0.3 is 9.80 Å². The zero-order chi connectivity index (χ0) is 19.8. The van der Waals surface area contributed by atoms with Crippen molar-refractivity contribution in [3.05, 3.63) is 29.8 Å². The quantitative estimate of drug-likeness (QED) is 0.463. The van der Waals surface area contributed by atoms with E-state index in [9.17, 15) is 9.59 Å². The number of amides is 1. The maximum Gasteiger partial charge on any atom is 0.222 e. The van der Waals surface area contributed by atoms with Gasteiger partial charge in [-0.1, -0.05) is 47.0 Å². The molecule has 0 atom stereocenters. The molecule has 1 saturated heterocycles. The normalized spacial score (nSPS) is 14.9. The second-order valence-corrected chi connectivity index (χ2v) is 8.43. The van der Waals surface area contributed by atoms with Crippen LogP contribution < -0.4 is 4.90 Å². The lowest BCUT2D eigenvalue weighted by Crippen LogP contribution is -2.48. The van der Waals surface area contributed by atoms with Crippen molar-refractivity contribution in [2.75, 3.05) is 31.1 Å². The third-order valence-corrected chi connectivity index (χ3v) is 5.35. The van der Waals surface area contributed by atoms with Gasteiger partial charge >= 0.3 is 0 Å². The molecule has 2 rings (SSSR count). The fourth-order valence-electron chi connectivity index (χ4n) is 3.55. The molecule has 0 aliphatic carbocycles. The topological polar surface area (TPSA) is 40.6 Å². The Morgan fingerprint density at radius 1 is 0.889 bits per heavy atom. The maximum atomic E-state index is 12.4. The molecule has 1 fully saturated rings. The number of anilines is 1. The molecule has 4 nitrogen and oxygen atoms in total. The molecule has 1 amide bonds. The van der Waals surface area contributed by atoms with Crippen molar-refractivity contribution in [3.63, 3.8) is 0 Å². The van der Waals surface area contributed by atoms with Crippen molar-refractivity contribution in [2.24, 2.45) is 11.8 Å². The third-order valence-electron chi connectivity index (χ3n) is 5.35. The Bertz CT molecular complexity index is 599. The van der Waals surface area contributed by atoms with Crippen LogP contribution in [0.25, 0.3) is 0 Å². The molecule has 0 unspecified atom stereocenters. The van der Waals surface area contributed by atoms with Crippen LogP contribution in [-0.2, 0) is 4.79 Å². The van der Waals surface area contributed by atoms with E-state index in [0.717, 1.165) is 56.2 Å². The minimum absolute atomic E-state index is 0.0239. The van der Waals surface area contributed by atoms with Crippen LogP contribution in [0.2, 0.25) is 0 Å². The molecule has 0 bridgehead atoms. The van der Waals surface area contributed by atoms with Crippen LogP contribution in [0.4, 0.5) is 5.69 Å². The Morgan fingerprint density at radius 2 is 1.52 bits per heavy atom. The summed E-state index contributed by atoms with van der Waals surface area (Å²) in [5.41, 5.74) is 1.91. The van der Waals surface area contributed by atoms with E-state index in [2.05, 4.69) is 18.7 Å². The Hall–Kier alpha value is -1.84. The number of rotatable bonds is 9. The Labute approximate surface area is 164 Å². The molecule has 1 aromatic carbocycles. The molecular weight excluding hydrogens is 336 g/mol. The van der Waals surface area contributed by atoms with Gasteiger partial charge in [-0.3, -0.25) is 9.59 Å².